The first kappa shape index (κ1) is 13.8. The van der Waals surface area contributed by atoms with Gasteiger partial charge in [0.1, 0.15) is 0 Å². The summed E-state index contributed by atoms with van der Waals surface area (Å²) in [5.74, 6) is 8.42. The van der Waals surface area contributed by atoms with Crippen LogP contribution < -0.4 is 5.32 Å². The monoisotopic (exact) mass is 278 g/mol. The lowest BCUT2D eigenvalue weighted by Gasteiger charge is -2.06. The van der Waals surface area contributed by atoms with Gasteiger partial charge in [-0.25, -0.2) is 4.79 Å². The first-order chi connectivity index (χ1) is 10.3. The standard InChI is InChI=1S/C17H27NO2/c1-2-3-4-9-12-18-17(19)20-13-16-14-10-7-5-6-8-11-15(14)16/h14-16H,2-4,7-13H2,1H3,(H,18,19)/t14-,15+,16?/i1D. The quantitative estimate of drug-likeness (QED) is 0.569. The SMILES string of the molecule is [2H]CCCCCCNC(=O)OCC1[C@H]2CCC#CCC[C@@H]12. The van der Waals surface area contributed by atoms with Gasteiger partial charge in [0.25, 0.3) is 0 Å². The maximum Gasteiger partial charge on any atom is 0.407 e. The number of unbranched alkanes of at least 4 members (excludes halogenated alkanes) is 3. The van der Waals surface area contributed by atoms with Crippen LogP contribution in [0, 0.1) is 29.6 Å². The number of carbonyl (C=O) groups excluding carboxylic acids is 1. The highest BCUT2D eigenvalue weighted by Crippen LogP contribution is 2.52. The summed E-state index contributed by atoms with van der Waals surface area (Å²) in [7, 11) is 0. The highest BCUT2D eigenvalue weighted by Gasteiger charge is 2.49. The Morgan fingerprint density at radius 3 is 2.70 bits per heavy atom. The highest BCUT2D eigenvalue weighted by molar-refractivity contribution is 5.67. The molecular weight excluding hydrogens is 250 g/mol. The Hall–Kier alpha value is -1.17. The number of alkyl carbamates (subject to hydrolysis) is 1. The number of amides is 1. The van der Waals surface area contributed by atoms with Gasteiger partial charge < -0.3 is 10.1 Å². The molecule has 0 aliphatic heterocycles. The fourth-order valence-corrected chi connectivity index (χ4v) is 3.17. The second kappa shape index (κ2) is 8.19. The molecular formula is C17H27NO2. The number of carbonyl (C=O) groups is 1. The Morgan fingerprint density at radius 1 is 1.25 bits per heavy atom. The topological polar surface area (TPSA) is 38.3 Å². The molecule has 1 saturated carbocycles. The van der Waals surface area contributed by atoms with Crippen molar-refractivity contribution in [1.82, 2.24) is 5.32 Å². The zero-order valence-corrected chi connectivity index (χ0v) is 12.3. The van der Waals surface area contributed by atoms with E-state index in [4.69, 9.17) is 6.11 Å². The molecule has 1 fully saturated rings. The van der Waals surface area contributed by atoms with Gasteiger partial charge in [0.2, 0.25) is 0 Å². The molecule has 0 radical (unpaired) electrons. The van der Waals surface area contributed by atoms with Gasteiger partial charge in [-0.2, -0.15) is 0 Å². The van der Waals surface area contributed by atoms with E-state index in [0.29, 0.717) is 26.0 Å². The molecule has 1 N–H and O–H groups in total. The minimum absolute atomic E-state index is 0.272. The van der Waals surface area contributed by atoms with Crippen LogP contribution in [0.4, 0.5) is 4.79 Å². The predicted octanol–water partition coefficient (Wildman–Crippen LogP) is 3.73. The average molecular weight is 278 g/mol. The Bertz CT molecular complexity index is 370. The minimum atomic E-state index is -0.272. The summed E-state index contributed by atoms with van der Waals surface area (Å²) in [6.45, 7) is 1.76. The fourth-order valence-electron chi connectivity index (χ4n) is 3.17. The average Bonchev–Trinajstić information content (AvgIpc) is 3.10. The van der Waals surface area contributed by atoms with Gasteiger partial charge in [0, 0.05) is 20.8 Å². The molecule has 0 aromatic rings. The van der Waals surface area contributed by atoms with Crippen molar-refractivity contribution in [2.24, 2.45) is 17.8 Å². The summed E-state index contributed by atoms with van der Waals surface area (Å²) >= 11 is 0. The van der Waals surface area contributed by atoms with Crippen LogP contribution in [0.5, 0.6) is 0 Å². The molecule has 0 bridgehead atoms. The maximum atomic E-state index is 11.6. The molecule has 0 aromatic heterocycles. The largest absolute Gasteiger partial charge is 0.449 e. The zero-order chi connectivity index (χ0) is 14.9. The van der Waals surface area contributed by atoms with Gasteiger partial charge in [-0.3, -0.25) is 0 Å². The van der Waals surface area contributed by atoms with Gasteiger partial charge in [-0.05, 0) is 37.0 Å². The fraction of sp³-hybridized carbons (Fsp3) is 0.824. The molecule has 0 aromatic carbocycles. The summed E-state index contributed by atoms with van der Waals surface area (Å²) in [5.41, 5.74) is 0. The lowest BCUT2D eigenvalue weighted by Crippen LogP contribution is -2.26. The Balaban J connectivity index is 1.50. The van der Waals surface area contributed by atoms with Crippen LogP contribution in [0.1, 0.15) is 59.6 Å². The summed E-state index contributed by atoms with van der Waals surface area (Å²) < 4.78 is 12.4. The van der Waals surface area contributed by atoms with Crippen LogP contribution >= 0.6 is 0 Å². The van der Waals surface area contributed by atoms with E-state index in [9.17, 15) is 4.79 Å². The summed E-state index contributed by atoms with van der Waals surface area (Å²) in [4.78, 5) is 11.6. The van der Waals surface area contributed by atoms with Crippen molar-refractivity contribution in [3.8, 4) is 11.8 Å². The lowest BCUT2D eigenvalue weighted by atomic mass is 10.1. The van der Waals surface area contributed by atoms with Crippen LogP contribution in [0.2, 0.25) is 0 Å². The van der Waals surface area contributed by atoms with Crippen LogP contribution in [0.15, 0.2) is 0 Å². The van der Waals surface area contributed by atoms with Crippen molar-refractivity contribution in [2.45, 2.75) is 58.3 Å². The first-order valence-electron chi connectivity index (χ1n) is 8.69. The summed E-state index contributed by atoms with van der Waals surface area (Å²) in [5, 5.41) is 2.82. The van der Waals surface area contributed by atoms with Crippen molar-refractivity contribution in [3.63, 3.8) is 0 Å². The molecule has 3 nitrogen and oxygen atoms in total. The van der Waals surface area contributed by atoms with Crippen molar-refractivity contribution >= 4 is 6.09 Å². The molecule has 1 amide bonds. The first-order valence-corrected chi connectivity index (χ1v) is 7.98. The normalized spacial score (nSPS) is 28.0. The summed E-state index contributed by atoms with van der Waals surface area (Å²) in [6, 6.07) is 0. The Labute approximate surface area is 124 Å². The van der Waals surface area contributed by atoms with Crippen molar-refractivity contribution in [3.05, 3.63) is 0 Å². The predicted molar refractivity (Wildman–Crippen MR) is 80.2 cm³/mol. The van der Waals surface area contributed by atoms with Crippen molar-refractivity contribution in [2.75, 3.05) is 13.2 Å². The summed E-state index contributed by atoms with van der Waals surface area (Å²) in [6.07, 6.45) is 8.15. The van der Waals surface area contributed by atoms with Gasteiger partial charge >= 0.3 is 6.09 Å². The number of fused-ring (bicyclic) bond motifs is 1. The highest BCUT2D eigenvalue weighted by atomic mass is 16.5. The number of rotatable bonds is 7. The number of hydrogen-bond donors (Lipinski definition) is 1. The molecule has 20 heavy (non-hydrogen) atoms. The van der Waals surface area contributed by atoms with E-state index in [0.717, 1.165) is 50.4 Å². The second-order valence-electron chi connectivity index (χ2n) is 5.86. The molecule has 1 unspecified atom stereocenters. The third-order valence-electron chi connectivity index (χ3n) is 4.44. The minimum Gasteiger partial charge on any atom is -0.449 e. The van der Waals surface area contributed by atoms with Crippen LogP contribution in [0.3, 0.4) is 0 Å². The van der Waals surface area contributed by atoms with E-state index in [1.54, 1.807) is 0 Å². The van der Waals surface area contributed by atoms with E-state index in [1.807, 2.05) is 0 Å². The molecule has 112 valence electrons. The van der Waals surface area contributed by atoms with Gasteiger partial charge in [0.15, 0.2) is 0 Å². The smallest absolute Gasteiger partial charge is 0.407 e. The maximum absolute atomic E-state index is 11.6. The molecule has 3 atom stereocenters. The van der Waals surface area contributed by atoms with E-state index >= 15 is 0 Å². The molecule has 0 heterocycles. The van der Waals surface area contributed by atoms with Crippen LogP contribution in [-0.4, -0.2) is 19.2 Å². The number of ether oxygens (including phenoxy) is 1. The molecule has 2 aliphatic carbocycles. The van der Waals surface area contributed by atoms with Gasteiger partial charge in [0.05, 0.1) is 6.61 Å². The zero-order valence-electron chi connectivity index (χ0n) is 13.3. The van der Waals surface area contributed by atoms with Crippen molar-refractivity contribution in [1.29, 1.82) is 0 Å². The van der Waals surface area contributed by atoms with Crippen LogP contribution in [-0.2, 0) is 4.74 Å². The number of hydrogen-bond acceptors (Lipinski definition) is 2. The van der Waals surface area contributed by atoms with E-state index in [1.165, 1.54) is 12.8 Å². The van der Waals surface area contributed by atoms with Crippen LogP contribution in [0.25, 0.3) is 0 Å². The third-order valence-corrected chi connectivity index (χ3v) is 4.44. The third kappa shape index (κ3) is 4.74. The Kier molecular flexibility index (Phi) is 5.65. The second-order valence-corrected chi connectivity index (χ2v) is 5.86. The Morgan fingerprint density at radius 2 is 2.00 bits per heavy atom. The number of nitrogens with one attached hydrogen (secondary N) is 1. The van der Waals surface area contributed by atoms with Crippen molar-refractivity contribution < 1.29 is 10.9 Å². The molecule has 0 saturated heterocycles. The molecule has 2 rings (SSSR count). The van der Waals surface area contributed by atoms with E-state index in [2.05, 4.69) is 17.2 Å². The molecule has 2 aliphatic rings. The van der Waals surface area contributed by atoms with E-state index < -0.39 is 0 Å². The van der Waals surface area contributed by atoms with Gasteiger partial charge in [-0.15, -0.1) is 11.8 Å². The molecule has 0 spiro atoms. The van der Waals surface area contributed by atoms with Gasteiger partial charge in [-0.1, -0.05) is 26.2 Å². The lowest BCUT2D eigenvalue weighted by molar-refractivity contribution is 0.137. The van der Waals surface area contributed by atoms with E-state index in [-0.39, 0.29) is 6.09 Å². The molecule has 3 heteroatoms.